The van der Waals surface area contributed by atoms with Gasteiger partial charge in [-0.1, -0.05) is 0 Å². The molecule has 4 heteroatoms. The molecule has 3 aromatic heterocycles. The summed E-state index contributed by atoms with van der Waals surface area (Å²) < 4.78 is 19.6. The van der Waals surface area contributed by atoms with Gasteiger partial charge in [-0.25, -0.2) is 0 Å². The Bertz CT molecular complexity index is 441. The predicted molar refractivity (Wildman–Crippen MR) is 60.8 cm³/mol. The minimum absolute atomic E-state index is 1.01. The van der Waals surface area contributed by atoms with Crippen LogP contribution in [-0.2, 0) is 0 Å². The summed E-state index contributed by atoms with van der Waals surface area (Å²) in [5, 5.41) is 0. The molecule has 0 atom stereocenters. The molecule has 0 N–H and O–H groups in total. The predicted octanol–water partition coefficient (Wildman–Crippen LogP) is 0.982. The molecule has 3 heterocycles. The Hall–Kier alpha value is -1.28. The van der Waals surface area contributed by atoms with Gasteiger partial charge in [-0.05, 0) is 0 Å². The molecule has 0 aliphatic carbocycles. The van der Waals surface area contributed by atoms with Crippen molar-refractivity contribution >= 4 is 32.2 Å². The fourth-order valence-corrected chi connectivity index (χ4v) is 8.73. The van der Waals surface area contributed by atoms with Crippen molar-refractivity contribution in [3.8, 4) is 0 Å². The molecule has 0 saturated heterocycles. The Morgan fingerprint density at radius 3 is 1.25 bits per heavy atom. The number of hydrogen-bond acceptors (Lipinski definition) is 3. The van der Waals surface area contributed by atoms with Crippen molar-refractivity contribution in [1.29, 1.82) is 0 Å². The van der Waals surface area contributed by atoms with Gasteiger partial charge in [-0.2, -0.15) is 0 Å². The van der Waals surface area contributed by atoms with Crippen LogP contribution in [0.3, 0.4) is 0 Å². The summed E-state index contributed by atoms with van der Waals surface area (Å²) in [6.45, 7) is 0. The van der Waals surface area contributed by atoms with Gasteiger partial charge in [0.15, 0.2) is 0 Å². The van der Waals surface area contributed by atoms with Crippen molar-refractivity contribution in [2.75, 3.05) is 0 Å². The van der Waals surface area contributed by atoms with E-state index in [2.05, 4.69) is 0 Å². The van der Waals surface area contributed by atoms with Crippen molar-refractivity contribution in [2.45, 2.75) is 0 Å². The van der Waals surface area contributed by atoms with Crippen LogP contribution in [0.15, 0.2) is 68.4 Å². The van der Waals surface area contributed by atoms with E-state index in [1.165, 1.54) is 0 Å². The molecule has 16 heavy (non-hydrogen) atoms. The summed E-state index contributed by atoms with van der Waals surface area (Å²) in [6.07, 6.45) is 5.09. The molecular formula is C12H9BiO3. The van der Waals surface area contributed by atoms with Crippen LogP contribution in [0.2, 0.25) is 0 Å². The monoisotopic (exact) mass is 410 g/mol. The van der Waals surface area contributed by atoms with Gasteiger partial charge in [-0.3, -0.25) is 0 Å². The first kappa shape index (κ1) is 9.91. The Kier molecular flexibility index (Phi) is 2.67. The topological polar surface area (TPSA) is 39.4 Å². The maximum absolute atomic E-state index is 5.51. The van der Waals surface area contributed by atoms with Crippen molar-refractivity contribution in [3.63, 3.8) is 0 Å². The molecule has 3 nitrogen and oxygen atoms in total. The van der Waals surface area contributed by atoms with Crippen LogP contribution in [0.25, 0.3) is 0 Å². The minimum atomic E-state index is -2.39. The summed E-state index contributed by atoms with van der Waals surface area (Å²) in [7, 11) is 0. The molecule has 0 saturated carbocycles. The van der Waals surface area contributed by atoms with E-state index in [1.807, 2.05) is 36.4 Å². The normalized spacial score (nSPS) is 11.1. The molecular weight excluding hydrogens is 401 g/mol. The summed E-state index contributed by atoms with van der Waals surface area (Å²) in [5.41, 5.74) is 0. The van der Waals surface area contributed by atoms with E-state index >= 15 is 0 Å². The third kappa shape index (κ3) is 1.74. The quantitative estimate of drug-likeness (QED) is 0.605. The third-order valence-electron chi connectivity index (χ3n) is 2.18. The first-order chi connectivity index (χ1) is 7.95. The standard InChI is InChI=1S/3C4H3O.Bi/c3*1-2-4-5-3-1;/h3*1-3H;. The van der Waals surface area contributed by atoms with Crippen molar-refractivity contribution in [1.82, 2.24) is 0 Å². The SMILES string of the molecule is c1co[c]([Bi]([c]2ccco2)[c]2ccco2)c1. The molecule has 0 bridgehead atoms. The average Bonchev–Trinajstić information content (AvgIpc) is 3.02. The van der Waals surface area contributed by atoms with Gasteiger partial charge in [0.05, 0.1) is 0 Å². The molecule has 0 fully saturated rings. The molecule has 0 radical (unpaired) electrons. The second-order valence-electron chi connectivity index (χ2n) is 3.19. The van der Waals surface area contributed by atoms with Crippen LogP contribution in [0, 0.1) is 0 Å². The average molecular weight is 410 g/mol. The van der Waals surface area contributed by atoms with Gasteiger partial charge in [-0.15, -0.1) is 0 Å². The van der Waals surface area contributed by atoms with Crippen LogP contribution >= 0.6 is 0 Å². The van der Waals surface area contributed by atoms with Gasteiger partial charge in [0.1, 0.15) is 0 Å². The van der Waals surface area contributed by atoms with E-state index in [0.29, 0.717) is 0 Å². The van der Waals surface area contributed by atoms with E-state index in [0.717, 1.165) is 10.4 Å². The maximum atomic E-state index is 5.51. The van der Waals surface area contributed by atoms with E-state index in [4.69, 9.17) is 13.3 Å². The second kappa shape index (κ2) is 4.30. The molecule has 0 amide bonds. The van der Waals surface area contributed by atoms with Crippen molar-refractivity contribution in [3.05, 3.63) is 55.2 Å². The zero-order valence-electron chi connectivity index (χ0n) is 8.37. The molecule has 3 rings (SSSR count). The molecule has 0 aliphatic rings. The van der Waals surface area contributed by atoms with Gasteiger partial charge < -0.3 is 0 Å². The number of hydrogen-bond donors (Lipinski definition) is 0. The van der Waals surface area contributed by atoms with Crippen molar-refractivity contribution in [2.24, 2.45) is 0 Å². The summed E-state index contributed by atoms with van der Waals surface area (Å²) in [4.78, 5) is 0. The van der Waals surface area contributed by atoms with Gasteiger partial charge in [0.25, 0.3) is 0 Å². The Labute approximate surface area is 100 Å². The Morgan fingerprint density at radius 1 is 0.625 bits per heavy atom. The Balaban J connectivity index is 2.09. The first-order valence-corrected chi connectivity index (χ1v) is 10.1. The third-order valence-corrected chi connectivity index (χ3v) is 10.3. The fourth-order valence-electron chi connectivity index (χ4n) is 1.52. The molecule has 0 aliphatic heterocycles. The molecule has 0 spiro atoms. The first-order valence-electron chi connectivity index (χ1n) is 4.86. The summed E-state index contributed by atoms with van der Waals surface area (Å²) in [5.74, 6) is 0. The van der Waals surface area contributed by atoms with E-state index in [1.54, 1.807) is 18.8 Å². The zero-order valence-corrected chi connectivity index (χ0v) is 11.8. The molecule has 0 aromatic carbocycles. The Morgan fingerprint density at radius 2 is 1.00 bits per heavy atom. The van der Waals surface area contributed by atoms with Gasteiger partial charge in [0.2, 0.25) is 0 Å². The van der Waals surface area contributed by atoms with Crippen LogP contribution in [0.4, 0.5) is 0 Å². The zero-order chi connectivity index (χ0) is 10.8. The van der Waals surface area contributed by atoms with Gasteiger partial charge >= 0.3 is 101 Å². The summed E-state index contributed by atoms with van der Waals surface area (Å²) in [6, 6.07) is 11.7. The fraction of sp³-hybridized carbons (Fsp3) is 0. The van der Waals surface area contributed by atoms with E-state index in [-0.39, 0.29) is 0 Å². The summed E-state index contributed by atoms with van der Waals surface area (Å²) >= 11 is -2.39. The van der Waals surface area contributed by atoms with Crippen LogP contribution in [0.5, 0.6) is 0 Å². The molecule has 0 unspecified atom stereocenters. The van der Waals surface area contributed by atoms with Crippen LogP contribution < -0.4 is 10.4 Å². The number of rotatable bonds is 3. The van der Waals surface area contributed by atoms with E-state index < -0.39 is 21.8 Å². The molecule has 80 valence electrons. The second-order valence-corrected chi connectivity index (χ2v) is 10.9. The van der Waals surface area contributed by atoms with Crippen molar-refractivity contribution < 1.29 is 13.3 Å². The van der Waals surface area contributed by atoms with Crippen LogP contribution in [0.1, 0.15) is 0 Å². The van der Waals surface area contributed by atoms with E-state index in [9.17, 15) is 0 Å². The van der Waals surface area contributed by atoms with Gasteiger partial charge in [0, 0.05) is 0 Å². The van der Waals surface area contributed by atoms with Crippen LogP contribution in [-0.4, -0.2) is 21.8 Å². The number of furan rings is 3. The molecule has 3 aromatic rings.